The van der Waals surface area contributed by atoms with Crippen LogP contribution in [0.5, 0.6) is 0 Å². The van der Waals surface area contributed by atoms with Gasteiger partial charge < -0.3 is 0 Å². The molecule has 0 nitrogen and oxygen atoms in total. The normalized spacial score (nSPS) is 14.4. The molecule has 0 unspecified atom stereocenters. The predicted octanol–water partition coefficient (Wildman–Crippen LogP) is 5.02. The molecule has 3 rings (SSSR count). The van der Waals surface area contributed by atoms with Gasteiger partial charge in [0, 0.05) is 5.54 Å². The first-order valence-electron chi connectivity index (χ1n) is 6.39. The van der Waals surface area contributed by atoms with Gasteiger partial charge in [0.25, 0.3) is 0 Å². The maximum Gasteiger partial charge on any atom is 0.0705 e. The van der Waals surface area contributed by atoms with Gasteiger partial charge in [0.05, 0.1) is 8.07 Å². The van der Waals surface area contributed by atoms with E-state index in [1.165, 1.54) is 15.2 Å². The zero-order valence-electron chi connectivity index (χ0n) is 10.8. The zero-order valence-corrected chi connectivity index (χ0v) is 13.9. The van der Waals surface area contributed by atoms with E-state index in [-0.39, 0.29) is 0 Å². The number of hydrogen-bond donors (Lipinski definition) is 0. The number of benzene rings is 2. The smallest absolute Gasteiger partial charge is 0.0705 e. The molecule has 0 heterocycles. The lowest BCUT2D eigenvalue weighted by atomic mass is 10.1. The molecule has 0 amide bonds. The first-order valence-corrected chi connectivity index (χ1v) is 11.2. The fourth-order valence-corrected chi connectivity index (χ4v) is 6.74. The van der Waals surface area contributed by atoms with Gasteiger partial charge in [0.15, 0.2) is 0 Å². The lowest BCUT2D eigenvalue weighted by Gasteiger charge is -2.29. The largest absolute Gasteiger partial charge is 0.0897 e. The van der Waals surface area contributed by atoms with Gasteiger partial charge in [-0.3, -0.25) is 0 Å². The molecule has 1 aliphatic rings. The minimum absolute atomic E-state index is 0.668. The highest BCUT2D eigenvalue weighted by Gasteiger charge is 2.39. The van der Waals surface area contributed by atoms with E-state index < -0.39 is 8.07 Å². The lowest BCUT2D eigenvalue weighted by molar-refractivity contribution is 1.12. The summed E-state index contributed by atoms with van der Waals surface area (Å²) in [5, 5.41) is 0. The standard InChI is InChI=1S/C16H17ISi/c1-18(2,11-17)16-14-9-5-3-7-12(14)13-8-4-6-10-15(13)16/h3-10,16H,11H2,1-2H3. The molecular weight excluding hydrogens is 347 g/mol. The Morgan fingerprint density at radius 1 is 0.889 bits per heavy atom. The molecule has 0 aliphatic heterocycles. The summed E-state index contributed by atoms with van der Waals surface area (Å²) in [6, 6.07) is 17.9. The second kappa shape index (κ2) is 4.49. The van der Waals surface area contributed by atoms with Gasteiger partial charge in [-0.2, -0.15) is 0 Å². The monoisotopic (exact) mass is 364 g/mol. The first-order chi connectivity index (χ1) is 8.65. The van der Waals surface area contributed by atoms with Crippen LogP contribution in [0.2, 0.25) is 13.1 Å². The highest BCUT2D eigenvalue weighted by molar-refractivity contribution is 14.1. The van der Waals surface area contributed by atoms with Crippen LogP contribution in [-0.4, -0.2) is 12.1 Å². The Hall–Kier alpha value is -0.613. The van der Waals surface area contributed by atoms with Crippen molar-refractivity contribution in [2.45, 2.75) is 18.6 Å². The number of alkyl halides is 1. The third-order valence-corrected chi connectivity index (χ3v) is 12.7. The highest BCUT2D eigenvalue weighted by atomic mass is 127. The number of hydrogen-bond acceptors (Lipinski definition) is 0. The van der Waals surface area contributed by atoms with E-state index in [4.69, 9.17) is 0 Å². The third-order valence-electron chi connectivity index (χ3n) is 3.96. The van der Waals surface area contributed by atoms with Crippen molar-refractivity contribution < 1.29 is 0 Å². The van der Waals surface area contributed by atoms with E-state index in [0.717, 1.165) is 0 Å². The van der Waals surface area contributed by atoms with Crippen molar-refractivity contribution in [3.8, 4) is 11.1 Å². The van der Waals surface area contributed by atoms with Crippen LogP contribution in [0.3, 0.4) is 0 Å². The molecule has 0 saturated heterocycles. The summed E-state index contributed by atoms with van der Waals surface area (Å²) < 4.78 is 1.30. The van der Waals surface area contributed by atoms with Crippen molar-refractivity contribution in [2.75, 3.05) is 4.05 Å². The Bertz CT molecular complexity index is 544. The van der Waals surface area contributed by atoms with Crippen LogP contribution in [0.25, 0.3) is 11.1 Å². The maximum atomic E-state index is 2.58. The van der Waals surface area contributed by atoms with Crippen LogP contribution in [0.4, 0.5) is 0 Å². The van der Waals surface area contributed by atoms with Crippen LogP contribution in [-0.2, 0) is 0 Å². The molecule has 0 N–H and O–H groups in total. The minimum Gasteiger partial charge on any atom is -0.0897 e. The van der Waals surface area contributed by atoms with Gasteiger partial charge in [0.2, 0.25) is 0 Å². The molecule has 18 heavy (non-hydrogen) atoms. The van der Waals surface area contributed by atoms with Gasteiger partial charge >= 0.3 is 0 Å². The van der Waals surface area contributed by atoms with Crippen molar-refractivity contribution >= 4 is 30.7 Å². The van der Waals surface area contributed by atoms with Gasteiger partial charge in [-0.15, -0.1) is 0 Å². The van der Waals surface area contributed by atoms with E-state index >= 15 is 0 Å². The fraction of sp³-hybridized carbons (Fsp3) is 0.250. The molecule has 0 fully saturated rings. The Labute approximate surface area is 124 Å². The van der Waals surface area contributed by atoms with Gasteiger partial charge in [0.1, 0.15) is 0 Å². The topological polar surface area (TPSA) is 0 Å². The number of rotatable bonds is 2. The molecule has 0 atom stereocenters. The summed E-state index contributed by atoms with van der Waals surface area (Å²) in [7, 11) is -1.26. The quantitative estimate of drug-likeness (QED) is 0.399. The average Bonchev–Trinajstić information content (AvgIpc) is 2.74. The molecule has 0 bridgehead atoms. The van der Waals surface area contributed by atoms with E-state index in [9.17, 15) is 0 Å². The average molecular weight is 364 g/mol. The van der Waals surface area contributed by atoms with Gasteiger partial charge in [-0.1, -0.05) is 84.2 Å². The number of fused-ring (bicyclic) bond motifs is 3. The van der Waals surface area contributed by atoms with E-state index in [2.05, 4.69) is 84.2 Å². The Morgan fingerprint density at radius 3 is 1.78 bits per heavy atom. The summed E-state index contributed by atoms with van der Waals surface area (Å²) in [6.45, 7) is 5.03. The second-order valence-electron chi connectivity index (χ2n) is 5.73. The van der Waals surface area contributed by atoms with E-state index in [1.807, 2.05) is 0 Å². The molecule has 0 spiro atoms. The maximum absolute atomic E-state index is 2.58. The van der Waals surface area contributed by atoms with Crippen LogP contribution < -0.4 is 0 Å². The second-order valence-corrected chi connectivity index (χ2v) is 12.8. The first kappa shape index (κ1) is 12.4. The highest BCUT2D eigenvalue weighted by Crippen LogP contribution is 2.48. The molecule has 92 valence electrons. The van der Waals surface area contributed by atoms with Crippen LogP contribution in [0.1, 0.15) is 16.7 Å². The lowest BCUT2D eigenvalue weighted by Crippen LogP contribution is -2.37. The van der Waals surface area contributed by atoms with Crippen molar-refractivity contribution in [1.82, 2.24) is 0 Å². The Balaban J connectivity index is 2.27. The Morgan fingerprint density at radius 2 is 1.33 bits per heavy atom. The molecule has 0 saturated carbocycles. The fourth-order valence-electron chi connectivity index (χ4n) is 3.07. The minimum atomic E-state index is -1.26. The van der Waals surface area contributed by atoms with Gasteiger partial charge in [-0.05, 0) is 26.3 Å². The molecule has 2 aromatic carbocycles. The summed E-state index contributed by atoms with van der Waals surface area (Å²) in [6.07, 6.45) is 0. The zero-order chi connectivity index (χ0) is 12.8. The van der Waals surface area contributed by atoms with Crippen LogP contribution >= 0.6 is 22.6 Å². The summed E-state index contributed by atoms with van der Waals surface area (Å²) in [4.78, 5) is 0. The van der Waals surface area contributed by atoms with Crippen LogP contribution in [0, 0.1) is 0 Å². The van der Waals surface area contributed by atoms with Crippen molar-refractivity contribution in [3.05, 3.63) is 59.7 Å². The van der Waals surface area contributed by atoms with Crippen molar-refractivity contribution in [3.63, 3.8) is 0 Å². The van der Waals surface area contributed by atoms with Crippen LogP contribution in [0.15, 0.2) is 48.5 Å². The molecular formula is C16H17ISi. The van der Waals surface area contributed by atoms with Crippen molar-refractivity contribution in [1.29, 1.82) is 0 Å². The summed E-state index contributed by atoms with van der Waals surface area (Å²) in [5.74, 6) is 0. The number of halogens is 1. The van der Waals surface area contributed by atoms with Gasteiger partial charge in [-0.25, -0.2) is 0 Å². The SMILES string of the molecule is C[Si](C)(CI)C1c2ccccc2-c2ccccc21. The van der Waals surface area contributed by atoms with Crippen molar-refractivity contribution in [2.24, 2.45) is 0 Å². The summed E-state index contributed by atoms with van der Waals surface area (Å²) in [5.41, 5.74) is 6.72. The molecule has 1 aliphatic carbocycles. The molecule has 0 radical (unpaired) electrons. The van der Waals surface area contributed by atoms with E-state index in [1.54, 1.807) is 11.1 Å². The summed E-state index contributed by atoms with van der Waals surface area (Å²) >= 11 is 2.58. The van der Waals surface area contributed by atoms with E-state index in [0.29, 0.717) is 5.54 Å². The predicted molar refractivity (Wildman–Crippen MR) is 90.1 cm³/mol. The molecule has 2 heteroatoms. The molecule has 2 aromatic rings. The molecule has 0 aromatic heterocycles. The Kier molecular flexibility index (Phi) is 3.10. The third kappa shape index (κ3) is 1.77.